The molecule has 1 atom stereocenters. The first kappa shape index (κ1) is 17.2. The lowest BCUT2D eigenvalue weighted by Crippen LogP contribution is -2.33. The van der Waals surface area contributed by atoms with Crippen molar-refractivity contribution in [2.75, 3.05) is 13.2 Å². The molecule has 0 aromatic heterocycles. The molecule has 0 heterocycles. The van der Waals surface area contributed by atoms with Crippen LogP contribution in [0.2, 0.25) is 0 Å². The zero-order valence-corrected chi connectivity index (χ0v) is 14.2. The standard InChI is InChI=1S/C15H23N3O.HI/c1-12(9-17-15(16)18-14-7-8-14)10-19-11-13-5-3-2-4-6-13;/h2-6,12,14H,7-11H2,1H3,(H3,16,17,18);1H. The van der Waals surface area contributed by atoms with Crippen molar-refractivity contribution in [2.45, 2.75) is 32.4 Å². The first-order valence-corrected chi connectivity index (χ1v) is 6.92. The van der Waals surface area contributed by atoms with Gasteiger partial charge in [-0.1, -0.05) is 37.3 Å². The minimum atomic E-state index is 0. The molecular formula is C15H24IN3O. The number of hydrogen-bond acceptors (Lipinski definition) is 2. The molecule has 5 heteroatoms. The molecule has 20 heavy (non-hydrogen) atoms. The molecule has 1 unspecified atom stereocenters. The number of halogens is 1. The second-order valence-electron chi connectivity index (χ2n) is 5.25. The molecule has 2 rings (SSSR count). The van der Waals surface area contributed by atoms with Gasteiger partial charge in [0.2, 0.25) is 0 Å². The SMILES string of the molecule is CC(CN=C(N)NC1CC1)COCc1ccccc1.I. The van der Waals surface area contributed by atoms with Gasteiger partial charge in [0.05, 0.1) is 13.2 Å². The Morgan fingerprint density at radius 1 is 1.40 bits per heavy atom. The van der Waals surface area contributed by atoms with E-state index in [2.05, 4.69) is 29.4 Å². The Kier molecular flexibility index (Phi) is 7.91. The minimum Gasteiger partial charge on any atom is -0.376 e. The van der Waals surface area contributed by atoms with Crippen LogP contribution >= 0.6 is 24.0 Å². The molecule has 0 bridgehead atoms. The number of aliphatic imine (C=N–C) groups is 1. The lowest BCUT2D eigenvalue weighted by molar-refractivity contribution is 0.0945. The van der Waals surface area contributed by atoms with Crippen LogP contribution in [-0.4, -0.2) is 25.2 Å². The highest BCUT2D eigenvalue weighted by atomic mass is 127. The fourth-order valence-electron chi connectivity index (χ4n) is 1.74. The van der Waals surface area contributed by atoms with Gasteiger partial charge >= 0.3 is 0 Å². The van der Waals surface area contributed by atoms with E-state index >= 15 is 0 Å². The van der Waals surface area contributed by atoms with Gasteiger partial charge in [0, 0.05) is 12.6 Å². The van der Waals surface area contributed by atoms with Crippen LogP contribution in [-0.2, 0) is 11.3 Å². The van der Waals surface area contributed by atoms with Crippen LogP contribution in [0, 0.1) is 5.92 Å². The smallest absolute Gasteiger partial charge is 0.188 e. The summed E-state index contributed by atoms with van der Waals surface area (Å²) in [5.74, 6) is 0.945. The van der Waals surface area contributed by atoms with E-state index in [1.807, 2.05) is 18.2 Å². The zero-order valence-electron chi connectivity index (χ0n) is 11.9. The van der Waals surface area contributed by atoms with Gasteiger partial charge in [-0.2, -0.15) is 0 Å². The first-order valence-electron chi connectivity index (χ1n) is 6.92. The van der Waals surface area contributed by atoms with Crippen molar-refractivity contribution >= 4 is 29.9 Å². The summed E-state index contributed by atoms with van der Waals surface area (Å²) in [6.45, 7) is 4.19. The van der Waals surface area contributed by atoms with Gasteiger partial charge in [0.15, 0.2) is 5.96 Å². The summed E-state index contributed by atoms with van der Waals surface area (Å²) in [7, 11) is 0. The van der Waals surface area contributed by atoms with E-state index in [0.29, 0.717) is 37.7 Å². The molecule has 0 amide bonds. The predicted molar refractivity (Wildman–Crippen MR) is 93.3 cm³/mol. The van der Waals surface area contributed by atoms with Gasteiger partial charge in [-0.25, -0.2) is 0 Å². The van der Waals surface area contributed by atoms with Gasteiger partial charge in [0.1, 0.15) is 0 Å². The van der Waals surface area contributed by atoms with Gasteiger partial charge in [0.25, 0.3) is 0 Å². The van der Waals surface area contributed by atoms with Crippen molar-refractivity contribution < 1.29 is 4.74 Å². The van der Waals surface area contributed by atoms with Crippen LogP contribution in [0.15, 0.2) is 35.3 Å². The number of guanidine groups is 1. The average molecular weight is 389 g/mol. The van der Waals surface area contributed by atoms with Crippen LogP contribution < -0.4 is 11.1 Å². The van der Waals surface area contributed by atoms with Crippen LogP contribution in [0.25, 0.3) is 0 Å². The Morgan fingerprint density at radius 2 is 2.10 bits per heavy atom. The third-order valence-corrected chi connectivity index (χ3v) is 3.02. The number of benzene rings is 1. The lowest BCUT2D eigenvalue weighted by Gasteiger charge is -2.10. The maximum atomic E-state index is 5.78. The number of nitrogens with two attached hydrogens (primary N) is 1. The molecule has 0 spiro atoms. The van der Waals surface area contributed by atoms with Crippen molar-refractivity contribution in [1.29, 1.82) is 0 Å². The van der Waals surface area contributed by atoms with Crippen LogP contribution in [0.5, 0.6) is 0 Å². The summed E-state index contributed by atoms with van der Waals surface area (Å²) in [6, 6.07) is 10.8. The van der Waals surface area contributed by atoms with E-state index in [1.54, 1.807) is 0 Å². The normalized spacial score (nSPS) is 16.4. The van der Waals surface area contributed by atoms with Crippen LogP contribution in [0.4, 0.5) is 0 Å². The molecule has 1 saturated carbocycles. The largest absolute Gasteiger partial charge is 0.376 e. The Hall–Kier alpha value is -0.820. The van der Waals surface area contributed by atoms with Gasteiger partial charge in [-0.15, -0.1) is 24.0 Å². The monoisotopic (exact) mass is 389 g/mol. The molecule has 1 aromatic rings. The number of nitrogens with zero attached hydrogens (tertiary/aromatic N) is 1. The van der Waals surface area contributed by atoms with Crippen molar-refractivity contribution in [3.05, 3.63) is 35.9 Å². The van der Waals surface area contributed by atoms with E-state index in [4.69, 9.17) is 10.5 Å². The molecule has 1 aliphatic carbocycles. The highest BCUT2D eigenvalue weighted by Gasteiger charge is 2.21. The molecule has 0 aliphatic heterocycles. The highest BCUT2D eigenvalue weighted by molar-refractivity contribution is 14.0. The zero-order chi connectivity index (χ0) is 13.5. The first-order chi connectivity index (χ1) is 9.24. The van der Waals surface area contributed by atoms with E-state index in [0.717, 1.165) is 0 Å². The second-order valence-corrected chi connectivity index (χ2v) is 5.25. The van der Waals surface area contributed by atoms with Gasteiger partial charge in [-0.05, 0) is 24.3 Å². The van der Waals surface area contributed by atoms with E-state index in [9.17, 15) is 0 Å². The van der Waals surface area contributed by atoms with E-state index in [1.165, 1.54) is 18.4 Å². The van der Waals surface area contributed by atoms with Crippen molar-refractivity contribution in [3.63, 3.8) is 0 Å². The molecule has 1 fully saturated rings. The van der Waals surface area contributed by atoms with Crippen LogP contribution in [0.3, 0.4) is 0 Å². The lowest BCUT2D eigenvalue weighted by atomic mass is 10.2. The molecule has 0 saturated heterocycles. The summed E-state index contributed by atoms with van der Waals surface area (Å²) < 4.78 is 5.68. The molecule has 1 aromatic carbocycles. The Morgan fingerprint density at radius 3 is 2.75 bits per heavy atom. The quantitative estimate of drug-likeness (QED) is 0.428. The molecule has 4 nitrogen and oxygen atoms in total. The summed E-state index contributed by atoms with van der Waals surface area (Å²) in [4.78, 5) is 4.33. The molecule has 3 N–H and O–H groups in total. The third kappa shape index (κ3) is 7.09. The fourth-order valence-corrected chi connectivity index (χ4v) is 1.74. The molecule has 112 valence electrons. The third-order valence-electron chi connectivity index (χ3n) is 3.02. The number of nitrogens with one attached hydrogen (secondary N) is 1. The summed E-state index contributed by atoms with van der Waals surface area (Å²) in [6.07, 6.45) is 2.43. The molecule has 0 radical (unpaired) electrons. The van der Waals surface area contributed by atoms with Crippen molar-refractivity contribution in [1.82, 2.24) is 5.32 Å². The predicted octanol–water partition coefficient (Wildman–Crippen LogP) is 2.52. The fraction of sp³-hybridized carbons (Fsp3) is 0.533. The number of ether oxygens (including phenoxy) is 1. The van der Waals surface area contributed by atoms with E-state index in [-0.39, 0.29) is 24.0 Å². The number of hydrogen-bond donors (Lipinski definition) is 2. The van der Waals surface area contributed by atoms with Crippen molar-refractivity contribution in [2.24, 2.45) is 16.6 Å². The number of rotatable bonds is 7. The summed E-state index contributed by atoms with van der Waals surface area (Å²) >= 11 is 0. The molecular weight excluding hydrogens is 365 g/mol. The van der Waals surface area contributed by atoms with Gasteiger partial charge < -0.3 is 15.8 Å². The Balaban J connectivity index is 0.00000200. The van der Waals surface area contributed by atoms with Crippen molar-refractivity contribution in [3.8, 4) is 0 Å². The van der Waals surface area contributed by atoms with Crippen LogP contribution in [0.1, 0.15) is 25.3 Å². The summed E-state index contributed by atoms with van der Waals surface area (Å²) in [5.41, 5.74) is 6.98. The second kappa shape index (κ2) is 9.18. The summed E-state index contributed by atoms with van der Waals surface area (Å²) in [5, 5.41) is 3.18. The minimum absolute atomic E-state index is 0. The Bertz CT molecular complexity index is 407. The topological polar surface area (TPSA) is 59.6 Å². The molecule has 1 aliphatic rings. The highest BCUT2D eigenvalue weighted by Crippen LogP contribution is 2.18. The maximum Gasteiger partial charge on any atom is 0.188 e. The maximum absolute atomic E-state index is 5.78. The van der Waals surface area contributed by atoms with Gasteiger partial charge in [-0.3, -0.25) is 4.99 Å². The van der Waals surface area contributed by atoms with E-state index < -0.39 is 0 Å². The average Bonchev–Trinajstić information content (AvgIpc) is 3.22. The Labute approximate surface area is 138 Å².